The Kier molecular flexibility index (Phi) is 4.46. The van der Waals surface area contributed by atoms with Gasteiger partial charge in [0.1, 0.15) is 11.3 Å². The Morgan fingerprint density at radius 1 is 1.39 bits per heavy atom. The first-order chi connectivity index (χ1) is 8.56. The number of fused-ring (bicyclic) bond motifs is 1. The molecule has 0 aliphatic heterocycles. The summed E-state index contributed by atoms with van der Waals surface area (Å²) in [4.78, 5) is 4.60. The molecule has 18 heavy (non-hydrogen) atoms. The molecule has 0 amide bonds. The normalized spacial score (nSPS) is 14.9. The summed E-state index contributed by atoms with van der Waals surface area (Å²) in [5, 5.41) is 0.555. The maximum Gasteiger partial charge on any atom is 0.128 e. The van der Waals surface area contributed by atoms with E-state index in [0.717, 1.165) is 22.6 Å². The summed E-state index contributed by atoms with van der Waals surface area (Å²) in [6, 6.07) is 6.22. The topological polar surface area (TPSA) is 17.8 Å². The van der Waals surface area contributed by atoms with Crippen molar-refractivity contribution in [1.29, 1.82) is 0 Å². The third-order valence-corrected chi connectivity index (χ3v) is 4.22. The molecule has 5 heteroatoms. The molecule has 0 radical (unpaired) electrons. The number of hydrogen-bond donors (Lipinski definition) is 0. The average molecular weight is 303 g/mol. The molecule has 0 fully saturated rings. The molecule has 0 saturated carbocycles. The molecule has 0 N–H and O–H groups in total. The first-order valence-electron chi connectivity index (χ1n) is 5.85. The van der Waals surface area contributed by atoms with Crippen LogP contribution in [-0.4, -0.2) is 21.6 Å². The van der Waals surface area contributed by atoms with Gasteiger partial charge in [-0.15, -0.1) is 11.6 Å². The number of benzene rings is 1. The van der Waals surface area contributed by atoms with Gasteiger partial charge in [-0.25, -0.2) is 4.98 Å². The van der Waals surface area contributed by atoms with Crippen molar-refractivity contribution in [3.8, 4) is 0 Å². The van der Waals surface area contributed by atoms with Crippen molar-refractivity contribution in [1.82, 2.24) is 9.55 Å². The molecule has 0 bridgehead atoms. The molecule has 0 aliphatic carbocycles. The lowest BCUT2D eigenvalue weighted by Crippen LogP contribution is -2.11. The molecule has 1 aromatic heterocycles. The highest BCUT2D eigenvalue weighted by Gasteiger charge is 2.19. The fourth-order valence-corrected chi connectivity index (χ4v) is 3.16. The van der Waals surface area contributed by atoms with Crippen molar-refractivity contribution in [3.63, 3.8) is 0 Å². The quantitative estimate of drug-likeness (QED) is 0.747. The Morgan fingerprint density at radius 2 is 2.11 bits per heavy atom. The van der Waals surface area contributed by atoms with Crippen molar-refractivity contribution in [3.05, 3.63) is 29.0 Å². The number of thioether (sulfide) groups is 1. The van der Waals surface area contributed by atoms with E-state index >= 15 is 0 Å². The molecule has 1 aromatic carbocycles. The fourth-order valence-electron chi connectivity index (χ4n) is 2.16. The number of aromatic nitrogens is 2. The molecule has 0 aliphatic rings. The molecule has 2 unspecified atom stereocenters. The highest BCUT2D eigenvalue weighted by Crippen LogP contribution is 2.32. The zero-order valence-corrected chi connectivity index (χ0v) is 13.0. The first-order valence-corrected chi connectivity index (χ1v) is 8.06. The summed E-state index contributed by atoms with van der Waals surface area (Å²) in [6.45, 7) is 4.13. The summed E-state index contributed by atoms with van der Waals surface area (Å²) in [7, 11) is 0. The van der Waals surface area contributed by atoms with E-state index in [1.54, 1.807) is 0 Å². The second kappa shape index (κ2) is 5.72. The van der Waals surface area contributed by atoms with Gasteiger partial charge < -0.3 is 4.57 Å². The minimum atomic E-state index is -0.127. The second-order valence-corrected chi connectivity index (χ2v) is 6.34. The molecule has 2 atom stereocenters. The van der Waals surface area contributed by atoms with Gasteiger partial charge in [-0.2, -0.15) is 11.8 Å². The number of imidazole rings is 1. The summed E-state index contributed by atoms with van der Waals surface area (Å²) in [5.74, 6) is 1.91. The van der Waals surface area contributed by atoms with Gasteiger partial charge in [-0.1, -0.05) is 17.7 Å². The van der Waals surface area contributed by atoms with Crippen molar-refractivity contribution in [2.45, 2.75) is 25.3 Å². The van der Waals surface area contributed by atoms with E-state index < -0.39 is 0 Å². The van der Waals surface area contributed by atoms with Crippen LogP contribution in [0.2, 0.25) is 5.02 Å². The number of halogens is 2. The van der Waals surface area contributed by atoms with Crippen LogP contribution in [0.25, 0.3) is 11.0 Å². The van der Waals surface area contributed by atoms with Gasteiger partial charge in [-0.3, -0.25) is 0 Å². The van der Waals surface area contributed by atoms with E-state index in [9.17, 15) is 0 Å². The van der Waals surface area contributed by atoms with Gasteiger partial charge in [-0.05, 0) is 32.2 Å². The molecular formula is C13H16Cl2N2S. The third kappa shape index (κ3) is 2.49. The van der Waals surface area contributed by atoms with E-state index in [1.165, 1.54) is 0 Å². The molecule has 1 heterocycles. The molecule has 98 valence electrons. The largest absolute Gasteiger partial charge is 0.323 e. The lowest BCUT2D eigenvalue weighted by molar-refractivity contribution is 0.593. The number of nitrogens with zero attached hydrogens (tertiary/aromatic N) is 2. The lowest BCUT2D eigenvalue weighted by atomic mass is 10.3. The molecule has 2 rings (SSSR count). The Bertz CT molecular complexity index is 551. The number of alkyl halides is 1. The maximum atomic E-state index is 6.24. The van der Waals surface area contributed by atoms with E-state index in [-0.39, 0.29) is 5.38 Å². The highest BCUT2D eigenvalue weighted by molar-refractivity contribution is 7.98. The molecule has 2 aromatic rings. The van der Waals surface area contributed by atoms with Crippen LogP contribution in [-0.2, 0) is 0 Å². The second-order valence-electron chi connectivity index (χ2n) is 4.37. The third-order valence-electron chi connectivity index (χ3n) is 2.90. The van der Waals surface area contributed by atoms with Gasteiger partial charge in [0.2, 0.25) is 0 Å². The minimum Gasteiger partial charge on any atom is -0.323 e. The van der Waals surface area contributed by atoms with Gasteiger partial charge in [0, 0.05) is 11.8 Å². The van der Waals surface area contributed by atoms with E-state index in [2.05, 4.69) is 22.7 Å². The van der Waals surface area contributed by atoms with Crippen LogP contribution in [0, 0.1) is 0 Å². The fraction of sp³-hybridized carbons (Fsp3) is 0.462. The monoisotopic (exact) mass is 302 g/mol. The Balaban J connectivity index is 2.66. The Labute approximate surface area is 122 Å². The smallest absolute Gasteiger partial charge is 0.128 e. The zero-order valence-electron chi connectivity index (χ0n) is 10.7. The van der Waals surface area contributed by atoms with Crippen molar-refractivity contribution >= 4 is 46.0 Å². The van der Waals surface area contributed by atoms with Crippen LogP contribution in [0.4, 0.5) is 0 Å². The summed E-state index contributed by atoms with van der Waals surface area (Å²) >= 11 is 14.3. The van der Waals surface area contributed by atoms with Gasteiger partial charge in [0.25, 0.3) is 0 Å². The van der Waals surface area contributed by atoms with Crippen LogP contribution in [0.5, 0.6) is 0 Å². The van der Waals surface area contributed by atoms with Crippen LogP contribution in [0.15, 0.2) is 18.2 Å². The van der Waals surface area contributed by atoms with Gasteiger partial charge in [0.05, 0.1) is 15.9 Å². The molecule has 0 spiro atoms. The minimum absolute atomic E-state index is 0.127. The first kappa shape index (κ1) is 14.0. The van der Waals surface area contributed by atoms with Gasteiger partial charge in [0.15, 0.2) is 0 Å². The average Bonchev–Trinajstić information content (AvgIpc) is 2.70. The summed E-state index contributed by atoms with van der Waals surface area (Å²) in [6.07, 6.45) is 2.10. The summed E-state index contributed by atoms with van der Waals surface area (Å²) in [5.41, 5.74) is 1.90. The standard InChI is InChI=1S/C13H16Cl2N2S/c1-8(7-18-3)17-11-6-4-5-10(15)12(11)16-13(17)9(2)14/h4-6,8-9H,7H2,1-3H3. The van der Waals surface area contributed by atoms with Gasteiger partial charge >= 0.3 is 0 Å². The number of hydrogen-bond acceptors (Lipinski definition) is 2. The van der Waals surface area contributed by atoms with Crippen LogP contribution in [0.3, 0.4) is 0 Å². The lowest BCUT2D eigenvalue weighted by Gasteiger charge is -2.17. The number of rotatable bonds is 4. The van der Waals surface area contributed by atoms with Crippen LogP contribution >= 0.6 is 35.0 Å². The zero-order chi connectivity index (χ0) is 13.3. The Hall–Kier alpha value is -0.380. The van der Waals surface area contributed by atoms with Crippen molar-refractivity contribution in [2.24, 2.45) is 0 Å². The van der Waals surface area contributed by atoms with E-state index in [0.29, 0.717) is 11.1 Å². The molecular weight excluding hydrogens is 287 g/mol. The van der Waals surface area contributed by atoms with Crippen LogP contribution < -0.4 is 0 Å². The Morgan fingerprint density at radius 3 is 2.72 bits per heavy atom. The van der Waals surface area contributed by atoms with E-state index in [1.807, 2.05) is 36.9 Å². The number of para-hydroxylation sites is 1. The predicted octanol–water partition coefficient (Wildman–Crippen LogP) is 4.91. The van der Waals surface area contributed by atoms with E-state index in [4.69, 9.17) is 23.2 Å². The van der Waals surface area contributed by atoms with Crippen LogP contribution in [0.1, 0.15) is 31.1 Å². The SMILES string of the molecule is CSCC(C)n1c(C(C)Cl)nc2c(Cl)cccc21. The molecule has 2 nitrogen and oxygen atoms in total. The maximum absolute atomic E-state index is 6.24. The van der Waals surface area contributed by atoms with Crippen molar-refractivity contribution in [2.75, 3.05) is 12.0 Å². The highest BCUT2D eigenvalue weighted by atomic mass is 35.5. The predicted molar refractivity (Wildman–Crippen MR) is 82.1 cm³/mol. The van der Waals surface area contributed by atoms with Crippen molar-refractivity contribution < 1.29 is 0 Å². The summed E-state index contributed by atoms with van der Waals surface area (Å²) < 4.78 is 2.20. The molecule has 0 saturated heterocycles.